The average Bonchev–Trinajstić information content (AvgIpc) is 3.15. The number of carbonyl (C=O) groups excluding carboxylic acids is 1. The molecule has 12 heteroatoms. The molecule has 1 aliphatic heterocycles. The molecule has 9 nitrogen and oxygen atoms in total. The Bertz CT molecular complexity index is 1290. The number of nitrogens with zero attached hydrogens (tertiary/aromatic N) is 3. The van der Waals surface area contributed by atoms with Gasteiger partial charge in [0.1, 0.15) is 4.90 Å². The summed E-state index contributed by atoms with van der Waals surface area (Å²) in [4.78, 5) is 27.3. The zero-order valence-corrected chi connectivity index (χ0v) is 18.5. The van der Waals surface area contributed by atoms with Crippen LogP contribution in [0.5, 0.6) is 0 Å². The summed E-state index contributed by atoms with van der Waals surface area (Å²) < 4.78 is 27.9. The lowest BCUT2D eigenvalue weighted by atomic mass is 10.2. The van der Waals surface area contributed by atoms with E-state index in [-0.39, 0.29) is 26.3 Å². The number of aromatic nitrogens is 1. The Balaban J connectivity index is 1.60. The highest BCUT2D eigenvalue weighted by atomic mass is 35.5. The highest BCUT2D eigenvalue weighted by Crippen LogP contribution is 2.31. The maximum absolute atomic E-state index is 13.0. The molecule has 1 amide bonds. The average molecular weight is 481 g/mol. The molecule has 0 aliphatic carbocycles. The number of hydrogen-bond donors (Lipinski definition) is 1. The lowest BCUT2D eigenvalue weighted by Gasteiger charge is -2.26. The summed E-state index contributed by atoms with van der Waals surface area (Å²) >= 11 is 7.24. The van der Waals surface area contributed by atoms with E-state index in [4.69, 9.17) is 11.6 Å². The zero-order chi connectivity index (χ0) is 22.2. The van der Waals surface area contributed by atoms with Crippen LogP contribution in [0.1, 0.15) is 29.6 Å². The number of anilines is 1. The third kappa shape index (κ3) is 4.40. The van der Waals surface area contributed by atoms with Gasteiger partial charge in [0.25, 0.3) is 11.6 Å². The van der Waals surface area contributed by atoms with Gasteiger partial charge in [-0.2, -0.15) is 4.31 Å². The number of sulfonamides is 1. The molecule has 1 N–H and O–H groups in total. The van der Waals surface area contributed by atoms with E-state index in [1.54, 1.807) is 0 Å². The third-order valence-electron chi connectivity index (χ3n) is 4.93. The Morgan fingerprint density at radius 3 is 2.61 bits per heavy atom. The minimum absolute atomic E-state index is 0.0504. The van der Waals surface area contributed by atoms with E-state index in [0.717, 1.165) is 30.6 Å². The SMILES string of the molecule is O=C(Nc1nc2ccc([N+](=O)[O-])cc2s1)c1ccc(Cl)c(S(=O)(=O)N2CCCCC2)c1. The first-order chi connectivity index (χ1) is 14.8. The summed E-state index contributed by atoms with van der Waals surface area (Å²) in [6, 6.07) is 8.31. The van der Waals surface area contributed by atoms with Crippen molar-refractivity contribution >= 4 is 59.9 Å². The van der Waals surface area contributed by atoms with Gasteiger partial charge in [0, 0.05) is 30.8 Å². The first kappa shape index (κ1) is 21.6. The van der Waals surface area contributed by atoms with Gasteiger partial charge in [-0.25, -0.2) is 13.4 Å². The van der Waals surface area contributed by atoms with Crippen molar-refractivity contribution in [2.24, 2.45) is 0 Å². The number of fused-ring (bicyclic) bond motifs is 1. The Morgan fingerprint density at radius 2 is 1.90 bits per heavy atom. The molecule has 4 rings (SSSR count). The highest BCUT2D eigenvalue weighted by Gasteiger charge is 2.29. The summed E-state index contributed by atoms with van der Waals surface area (Å²) in [5.41, 5.74) is 0.555. The van der Waals surface area contributed by atoms with Crippen LogP contribution in [0.3, 0.4) is 0 Å². The Morgan fingerprint density at radius 1 is 1.16 bits per heavy atom. The van der Waals surface area contributed by atoms with E-state index in [1.807, 2.05) is 0 Å². The molecular weight excluding hydrogens is 464 g/mol. The van der Waals surface area contributed by atoms with Crippen molar-refractivity contribution in [1.29, 1.82) is 0 Å². The maximum Gasteiger partial charge on any atom is 0.270 e. The fourth-order valence-corrected chi connectivity index (χ4v) is 6.25. The molecule has 2 aromatic carbocycles. The molecule has 0 saturated carbocycles. The van der Waals surface area contributed by atoms with Crippen molar-refractivity contribution in [1.82, 2.24) is 9.29 Å². The minimum Gasteiger partial charge on any atom is -0.298 e. The maximum atomic E-state index is 13.0. The fraction of sp³-hybridized carbons (Fsp3) is 0.263. The number of nitro groups is 1. The van der Waals surface area contributed by atoms with E-state index < -0.39 is 20.9 Å². The van der Waals surface area contributed by atoms with Crippen molar-refractivity contribution in [3.8, 4) is 0 Å². The van der Waals surface area contributed by atoms with Gasteiger partial charge < -0.3 is 0 Å². The monoisotopic (exact) mass is 480 g/mol. The number of non-ortho nitro benzene ring substituents is 1. The number of nitro benzene ring substituents is 1. The number of benzene rings is 2. The minimum atomic E-state index is -3.81. The molecule has 0 radical (unpaired) electrons. The first-order valence-corrected chi connectivity index (χ1v) is 12.1. The van der Waals surface area contributed by atoms with Crippen LogP contribution < -0.4 is 5.32 Å². The van der Waals surface area contributed by atoms with Gasteiger partial charge in [-0.1, -0.05) is 29.4 Å². The van der Waals surface area contributed by atoms with Crippen molar-refractivity contribution in [3.05, 3.63) is 57.1 Å². The molecule has 31 heavy (non-hydrogen) atoms. The molecule has 1 aliphatic rings. The molecule has 0 spiro atoms. The van der Waals surface area contributed by atoms with E-state index >= 15 is 0 Å². The Kier molecular flexibility index (Phi) is 5.93. The quantitative estimate of drug-likeness (QED) is 0.429. The second-order valence-corrected chi connectivity index (χ2v) is 10.3. The van der Waals surface area contributed by atoms with E-state index in [2.05, 4.69) is 10.3 Å². The van der Waals surface area contributed by atoms with Crippen LogP contribution in [0.15, 0.2) is 41.3 Å². The zero-order valence-electron chi connectivity index (χ0n) is 16.1. The summed E-state index contributed by atoms with van der Waals surface area (Å²) in [5, 5.41) is 13.8. The topological polar surface area (TPSA) is 123 Å². The molecule has 1 saturated heterocycles. The van der Waals surface area contributed by atoms with E-state index in [9.17, 15) is 23.3 Å². The molecule has 2 heterocycles. The largest absolute Gasteiger partial charge is 0.298 e. The Hall–Kier alpha value is -2.60. The molecular formula is C19H17ClN4O5S2. The molecule has 0 unspecified atom stereocenters. The molecule has 1 fully saturated rings. The fourth-order valence-electron chi connectivity index (χ4n) is 3.34. The Labute approximate surface area is 186 Å². The number of nitrogens with one attached hydrogen (secondary N) is 1. The van der Waals surface area contributed by atoms with Gasteiger partial charge in [-0.15, -0.1) is 0 Å². The lowest BCUT2D eigenvalue weighted by Crippen LogP contribution is -2.35. The van der Waals surface area contributed by atoms with Gasteiger partial charge in [0.15, 0.2) is 5.13 Å². The van der Waals surface area contributed by atoms with Crippen LogP contribution >= 0.6 is 22.9 Å². The molecule has 1 aromatic heterocycles. The standard InChI is InChI=1S/C19H17ClN4O5S2/c20-14-6-4-12(10-17(14)31(28,29)23-8-2-1-3-9-23)18(25)22-19-21-15-7-5-13(24(26)27)11-16(15)30-19/h4-7,10-11H,1-3,8-9H2,(H,21,22,25). The summed E-state index contributed by atoms with van der Waals surface area (Å²) in [6.45, 7) is 0.847. The normalized spacial score (nSPS) is 15.1. The number of piperidine rings is 1. The van der Waals surface area contributed by atoms with Gasteiger partial charge in [-0.3, -0.25) is 20.2 Å². The number of amides is 1. The van der Waals surface area contributed by atoms with Crippen LogP contribution in [-0.4, -0.2) is 41.6 Å². The highest BCUT2D eigenvalue weighted by molar-refractivity contribution is 7.89. The van der Waals surface area contributed by atoms with Gasteiger partial charge in [0.05, 0.1) is 20.2 Å². The van der Waals surface area contributed by atoms with Crippen molar-refractivity contribution in [2.75, 3.05) is 18.4 Å². The number of carbonyl (C=O) groups is 1. The third-order valence-corrected chi connectivity index (χ3v) is 8.24. The number of rotatable bonds is 5. The molecule has 3 aromatic rings. The van der Waals surface area contributed by atoms with Crippen LogP contribution in [0.2, 0.25) is 5.02 Å². The first-order valence-electron chi connectivity index (χ1n) is 9.42. The van der Waals surface area contributed by atoms with Crippen LogP contribution in [0.25, 0.3) is 10.2 Å². The van der Waals surface area contributed by atoms with E-state index in [0.29, 0.717) is 23.3 Å². The molecule has 162 valence electrons. The number of halogens is 1. The predicted octanol–water partition coefficient (Wildman–Crippen LogP) is 4.28. The second kappa shape index (κ2) is 8.50. The summed E-state index contributed by atoms with van der Waals surface area (Å²) in [6.07, 6.45) is 2.55. The van der Waals surface area contributed by atoms with Crippen LogP contribution in [0, 0.1) is 10.1 Å². The van der Waals surface area contributed by atoms with Crippen molar-refractivity contribution in [2.45, 2.75) is 24.2 Å². The van der Waals surface area contributed by atoms with E-state index in [1.165, 1.54) is 40.7 Å². The van der Waals surface area contributed by atoms with Crippen molar-refractivity contribution < 1.29 is 18.1 Å². The van der Waals surface area contributed by atoms with Gasteiger partial charge >= 0.3 is 0 Å². The summed E-state index contributed by atoms with van der Waals surface area (Å²) in [5.74, 6) is -0.555. The lowest BCUT2D eigenvalue weighted by molar-refractivity contribution is -0.384. The molecule has 0 atom stereocenters. The number of thiazole rings is 1. The second-order valence-electron chi connectivity index (χ2n) is 6.99. The van der Waals surface area contributed by atoms with Gasteiger partial charge in [-0.05, 0) is 37.1 Å². The number of hydrogen-bond acceptors (Lipinski definition) is 7. The van der Waals surface area contributed by atoms with Crippen LogP contribution in [0.4, 0.5) is 10.8 Å². The molecule has 0 bridgehead atoms. The van der Waals surface area contributed by atoms with Crippen LogP contribution in [-0.2, 0) is 10.0 Å². The predicted molar refractivity (Wildman–Crippen MR) is 118 cm³/mol. The summed E-state index contributed by atoms with van der Waals surface area (Å²) in [7, 11) is -3.81. The smallest absolute Gasteiger partial charge is 0.270 e. The van der Waals surface area contributed by atoms with Gasteiger partial charge in [0.2, 0.25) is 10.0 Å². The van der Waals surface area contributed by atoms with Crippen molar-refractivity contribution in [3.63, 3.8) is 0 Å².